The Morgan fingerprint density at radius 1 is 0.362 bits per heavy atom. The lowest BCUT2D eigenvalue weighted by Gasteiger charge is -2.18. The largest absolute Gasteiger partial charge is 0.255 e. The quantitative estimate of drug-likeness (QED) is 0.181. The number of hydrogen-bond acceptors (Lipinski definition) is 2. The van der Waals surface area contributed by atoms with E-state index >= 15 is 0 Å². The molecule has 2 heteroatoms. The van der Waals surface area contributed by atoms with Crippen molar-refractivity contribution in [2.75, 3.05) is 0 Å². The van der Waals surface area contributed by atoms with Crippen molar-refractivity contribution in [2.24, 2.45) is 0 Å². The molecule has 0 bridgehead atoms. The fraction of sp³-hybridized carbons (Fsp3) is 0. The predicted octanol–water partition coefficient (Wildman–Crippen LogP) is 13.1. The second-order valence-electron chi connectivity index (χ2n) is 12.3. The van der Waals surface area contributed by atoms with Crippen LogP contribution < -0.4 is 0 Å². The maximum absolute atomic E-state index is 4.92. The van der Waals surface area contributed by atoms with Crippen LogP contribution in [0.1, 0.15) is 0 Å². The second kappa shape index (κ2) is 10.3. The molecule has 2 heterocycles. The zero-order chi connectivity index (χ0) is 30.9. The minimum Gasteiger partial charge on any atom is -0.255 e. The van der Waals surface area contributed by atoms with Crippen LogP contribution >= 0.6 is 11.3 Å². The topological polar surface area (TPSA) is 12.9 Å². The Hall–Kier alpha value is -5.83. The number of hydrogen-bond donors (Lipinski definition) is 0. The van der Waals surface area contributed by atoms with Gasteiger partial charge in [0.05, 0.1) is 10.2 Å². The first kappa shape index (κ1) is 26.4. The molecule has 0 unspecified atom stereocenters. The first-order valence-corrected chi connectivity index (χ1v) is 16.9. The average Bonchev–Trinajstić information content (AvgIpc) is 3.53. The van der Waals surface area contributed by atoms with Crippen LogP contribution in [0.25, 0.3) is 96.8 Å². The van der Waals surface area contributed by atoms with Crippen LogP contribution in [0.15, 0.2) is 164 Å². The highest BCUT2D eigenvalue weighted by atomic mass is 32.1. The van der Waals surface area contributed by atoms with Crippen molar-refractivity contribution >= 4 is 74.7 Å². The average molecular weight is 614 g/mol. The second-order valence-corrected chi connectivity index (χ2v) is 13.4. The molecular formula is C45H27NS. The van der Waals surface area contributed by atoms with Crippen LogP contribution in [0.2, 0.25) is 0 Å². The molecule has 0 spiro atoms. The lowest BCUT2D eigenvalue weighted by Crippen LogP contribution is -1.91. The molecule has 0 aliphatic carbocycles. The van der Waals surface area contributed by atoms with Gasteiger partial charge in [-0.3, -0.25) is 4.98 Å². The van der Waals surface area contributed by atoms with Gasteiger partial charge in [-0.1, -0.05) is 133 Å². The van der Waals surface area contributed by atoms with Gasteiger partial charge >= 0.3 is 0 Å². The molecule has 0 saturated carbocycles. The number of aromatic nitrogens is 1. The molecule has 47 heavy (non-hydrogen) atoms. The fourth-order valence-electron chi connectivity index (χ4n) is 7.54. The van der Waals surface area contributed by atoms with Gasteiger partial charge in [0.15, 0.2) is 0 Å². The summed E-state index contributed by atoms with van der Waals surface area (Å²) in [5.74, 6) is 0. The summed E-state index contributed by atoms with van der Waals surface area (Å²) >= 11 is 1.82. The van der Waals surface area contributed by atoms with Crippen molar-refractivity contribution in [3.63, 3.8) is 0 Å². The summed E-state index contributed by atoms with van der Waals surface area (Å²) in [6.07, 6.45) is 2.04. The van der Waals surface area contributed by atoms with E-state index in [9.17, 15) is 0 Å². The normalized spacial score (nSPS) is 11.8. The first-order valence-electron chi connectivity index (χ1n) is 16.0. The minimum atomic E-state index is 1.03. The number of rotatable bonds is 3. The molecule has 0 radical (unpaired) electrons. The first-order chi connectivity index (χ1) is 23.3. The Kier molecular flexibility index (Phi) is 5.81. The van der Waals surface area contributed by atoms with Crippen LogP contribution in [0, 0.1) is 0 Å². The molecule has 218 valence electrons. The molecule has 1 nitrogen and oxygen atoms in total. The molecule has 0 fully saturated rings. The van der Waals surface area contributed by atoms with Gasteiger partial charge in [-0.05, 0) is 90.0 Å². The summed E-state index contributed by atoms with van der Waals surface area (Å²) in [4.78, 5) is 4.92. The van der Waals surface area contributed by atoms with Gasteiger partial charge in [0.25, 0.3) is 0 Å². The van der Waals surface area contributed by atoms with Gasteiger partial charge in [-0.15, -0.1) is 11.3 Å². The highest BCUT2D eigenvalue weighted by molar-refractivity contribution is 7.26. The third-order valence-electron chi connectivity index (χ3n) is 9.66. The van der Waals surface area contributed by atoms with Crippen LogP contribution in [0.5, 0.6) is 0 Å². The van der Waals surface area contributed by atoms with Gasteiger partial charge in [0.1, 0.15) is 0 Å². The number of pyridine rings is 1. The molecule has 10 aromatic rings. The number of fused-ring (bicyclic) bond motifs is 8. The fourth-order valence-corrected chi connectivity index (χ4v) is 8.63. The molecular weight excluding hydrogens is 587 g/mol. The van der Waals surface area contributed by atoms with Crippen molar-refractivity contribution in [3.05, 3.63) is 164 Å². The molecule has 10 rings (SSSR count). The molecule has 8 aromatic carbocycles. The Morgan fingerprint density at radius 2 is 0.936 bits per heavy atom. The summed E-state index contributed by atoms with van der Waals surface area (Å²) in [5.41, 5.74) is 8.41. The van der Waals surface area contributed by atoms with Gasteiger partial charge < -0.3 is 0 Å². The van der Waals surface area contributed by atoms with Gasteiger partial charge in [0, 0.05) is 27.1 Å². The third-order valence-corrected chi connectivity index (χ3v) is 10.8. The van der Waals surface area contributed by atoms with Crippen LogP contribution in [-0.4, -0.2) is 4.98 Å². The Balaban J connectivity index is 1.17. The van der Waals surface area contributed by atoms with E-state index < -0.39 is 0 Å². The van der Waals surface area contributed by atoms with E-state index in [1.165, 1.54) is 91.3 Å². The van der Waals surface area contributed by atoms with Gasteiger partial charge in [-0.25, -0.2) is 0 Å². The lowest BCUT2D eigenvalue weighted by atomic mass is 9.85. The highest BCUT2D eigenvalue weighted by Crippen LogP contribution is 2.45. The van der Waals surface area contributed by atoms with Crippen molar-refractivity contribution in [3.8, 4) is 33.4 Å². The van der Waals surface area contributed by atoms with E-state index in [1.54, 1.807) is 0 Å². The lowest BCUT2D eigenvalue weighted by molar-refractivity contribution is 1.45. The molecule has 0 aliphatic heterocycles. The van der Waals surface area contributed by atoms with Crippen molar-refractivity contribution in [1.29, 1.82) is 0 Å². The maximum atomic E-state index is 4.92. The number of benzene rings is 8. The standard InChI is InChI=1S/C45H27NS/c1-2-11-29-24-33(21-20-28(29)10-1)44-36-16-5-3-14-34(36)43(35-15-4-6-17-37(35)44)32-13-9-12-30(25-32)31-22-23-38-40(26-31)46-27-42-45(38)39-18-7-8-19-41(39)47-42/h1-27H. The summed E-state index contributed by atoms with van der Waals surface area (Å²) < 4.78 is 2.54. The van der Waals surface area contributed by atoms with Crippen LogP contribution in [0.4, 0.5) is 0 Å². The van der Waals surface area contributed by atoms with E-state index in [1.807, 2.05) is 17.5 Å². The Bertz CT molecular complexity index is 2800. The zero-order valence-electron chi connectivity index (χ0n) is 25.4. The zero-order valence-corrected chi connectivity index (χ0v) is 26.3. The molecule has 0 N–H and O–H groups in total. The van der Waals surface area contributed by atoms with Crippen molar-refractivity contribution < 1.29 is 0 Å². The summed E-state index contributed by atoms with van der Waals surface area (Å²) in [6, 6.07) is 57.7. The number of nitrogens with zero attached hydrogens (tertiary/aromatic N) is 1. The maximum Gasteiger partial charge on any atom is 0.0715 e. The molecule has 2 aromatic heterocycles. The van der Waals surface area contributed by atoms with Crippen LogP contribution in [0.3, 0.4) is 0 Å². The molecule has 0 amide bonds. The monoisotopic (exact) mass is 613 g/mol. The van der Waals surface area contributed by atoms with Gasteiger partial charge in [0.2, 0.25) is 0 Å². The van der Waals surface area contributed by atoms with E-state index in [-0.39, 0.29) is 0 Å². The summed E-state index contributed by atoms with van der Waals surface area (Å²) in [5, 5.41) is 11.4. The SMILES string of the molecule is c1cc(-c2ccc3c(c2)ncc2sc4ccccc4c23)cc(-c2c3ccccc3c(-c3ccc4ccccc4c3)c3ccccc23)c1. The van der Waals surface area contributed by atoms with Gasteiger partial charge in [-0.2, -0.15) is 0 Å². The van der Waals surface area contributed by atoms with Crippen molar-refractivity contribution in [1.82, 2.24) is 4.98 Å². The highest BCUT2D eigenvalue weighted by Gasteiger charge is 2.17. The smallest absolute Gasteiger partial charge is 0.0715 e. The minimum absolute atomic E-state index is 1.03. The Morgan fingerprint density at radius 3 is 1.68 bits per heavy atom. The molecule has 0 aliphatic rings. The third kappa shape index (κ3) is 4.12. The summed E-state index contributed by atoms with van der Waals surface area (Å²) in [7, 11) is 0. The Labute approximate surface area is 276 Å². The van der Waals surface area contributed by atoms with E-state index in [0.717, 1.165) is 5.52 Å². The van der Waals surface area contributed by atoms with Crippen molar-refractivity contribution in [2.45, 2.75) is 0 Å². The van der Waals surface area contributed by atoms with E-state index in [2.05, 4.69) is 158 Å². The molecule has 0 atom stereocenters. The van der Waals surface area contributed by atoms with Crippen LogP contribution in [-0.2, 0) is 0 Å². The molecule has 0 saturated heterocycles. The van der Waals surface area contributed by atoms with E-state index in [0.29, 0.717) is 0 Å². The number of thiophene rings is 1. The summed E-state index contributed by atoms with van der Waals surface area (Å²) in [6.45, 7) is 0. The predicted molar refractivity (Wildman–Crippen MR) is 203 cm³/mol. The van der Waals surface area contributed by atoms with E-state index in [4.69, 9.17) is 4.98 Å².